The number of rotatable bonds is 3. The first kappa shape index (κ1) is 20.4. The Hall–Kier alpha value is -0.880. The molecule has 4 aliphatic rings. The first-order chi connectivity index (χ1) is 13.1. The normalized spacial score (nSPS) is 45.4. The lowest BCUT2D eigenvalue weighted by Crippen LogP contribution is -2.70. The monoisotopic (exact) mass is 410 g/mol. The molecule has 1 saturated heterocycles. The Balaban J connectivity index is 1.84. The van der Waals surface area contributed by atoms with Crippen molar-refractivity contribution in [2.45, 2.75) is 70.1 Å². The minimum Gasteiger partial charge on any atom is -0.458 e. The van der Waals surface area contributed by atoms with E-state index < -0.39 is 22.7 Å². The molecule has 0 amide bonds. The number of fused-ring (bicyclic) bond motifs is 4. The maximum Gasteiger partial charge on any atom is 0.334 e. The van der Waals surface area contributed by atoms with E-state index in [0.29, 0.717) is 26.2 Å². The van der Waals surface area contributed by atoms with Crippen LogP contribution in [0.1, 0.15) is 47.5 Å². The summed E-state index contributed by atoms with van der Waals surface area (Å²) in [5, 5.41) is 11.0. The molecule has 2 aliphatic heterocycles. The molecular weight excluding hydrogens is 380 g/mol. The van der Waals surface area contributed by atoms with Crippen LogP contribution >= 0.6 is 11.6 Å². The first-order valence-electron chi connectivity index (χ1n) is 10.3. The summed E-state index contributed by atoms with van der Waals surface area (Å²) in [6.45, 7) is 11.4. The third kappa shape index (κ3) is 2.46. The van der Waals surface area contributed by atoms with Crippen molar-refractivity contribution in [2.24, 2.45) is 17.3 Å². The van der Waals surface area contributed by atoms with Crippen molar-refractivity contribution in [3.63, 3.8) is 0 Å². The van der Waals surface area contributed by atoms with Crippen LogP contribution in [0.15, 0.2) is 22.8 Å². The highest BCUT2D eigenvalue weighted by Gasteiger charge is 2.65. The molecule has 6 atom stereocenters. The van der Waals surface area contributed by atoms with Crippen LogP contribution in [0, 0.1) is 17.3 Å². The minimum atomic E-state index is -1.23. The van der Waals surface area contributed by atoms with Crippen molar-refractivity contribution in [3.05, 3.63) is 22.8 Å². The second-order valence-electron chi connectivity index (χ2n) is 9.33. The molecule has 156 valence electrons. The van der Waals surface area contributed by atoms with Gasteiger partial charge in [-0.3, -0.25) is 0 Å². The van der Waals surface area contributed by atoms with Gasteiger partial charge in [-0.15, -0.1) is 11.6 Å². The average molecular weight is 411 g/mol. The molecule has 0 aromatic rings. The van der Waals surface area contributed by atoms with Gasteiger partial charge >= 0.3 is 5.97 Å². The maximum absolute atomic E-state index is 12.1. The molecule has 2 aliphatic carbocycles. The predicted molar refractivity (Wildman–Crippen MR) is 106 cm³/mol. The molecule has 28 heavy (non-hydrogen) atoms. The smallest absolute Gasteiger partial charge is 0.334 e. The Morgan fingerprint density at radius 1 is 1.39 bits per heavy atom. The zero-order chi connectivity index (χ0) is 20.5. The fourth-order valence-electron chi connectivity index (χ4n) is 5.99. The molecule has 0 bridgehead atoms. The molecule has 5 nitrogen and oxygen atoms in total. The quantitative estimate of drug-likeness (QED) is 0.439. The summed E-state index contributed by atoms with van der Waals surface area (Å²) in [4.78, 5) is 12.1. The van der Waals surface area contributed by atoms with E-state index >= 15 is 0 Å². The predicted octanol–water partition coefficient (Wildman–Crippen LogP) is 3.38. The fourth-order valence-corrected chi connectivity index (χ4v) is 6.48. The summed E-state index contributed by atoms with van der Waals surface area (Å²) in [6.07, 6.45) is 2.97. The van der Waals surface area contributed by atoms with Gasteiger partial charge in [0, 0.05) is 23.5 Å². The molecule has 4 rings (SSSR count). The van der Waals surface area contributed by atoms with E-state index in [-0.39, 0.29) is 23.2 Å². The van der Waals surface area contributed by atoms with Gasteiger partial charge in [0.1, 0.15) is 23.9 Å². The summed E-state index contributed by atoms with van der Waals surface area (Å²) in [7, 11) is 0. The van der Waals surface area contributed by atoms with E-state index in [4.69, 9.17) is 25.8 Å². The van der Waals surface area contributed by atoms with Gasteiger partial charge in [-0.1, -0.05) is 26.8 Å². The van der Waals surface area contributed by atoms with Crippen LogP contribution in [0.4, 0.5) is 0 Å². The van der Waals surface area contributed by atoms with E-state index in [1.165, 1.54) is 0 Å². The molecule has 0 radical (unpaired) electrons. The molecule has 0 aromatic carbocycles. The third-order valence-electron chi connectivity index (χ3n) is 7.71. The van der Waals surface area contributed by atoms with Crippen molar-refractivity contribution >= 4 is 17.6 Å². The van der Waals surface area contributed by atoms with Crippen molar-refractivity contribution in [1.82, 2.24) is 0 Å². The van der Waals surface area contributed by atoms with Crippen LogP contribution in [0.2, 0.25) is 0 Å². The van der Waals surface area contributed by atoms with Crippen molar-refractivity contribution in [2.75, 3.05) is 19.8 Å². The molecule has 1 fully saturated rings. The summed E-state index contributed by atoms with van der Waals surface area (Å²) in [5.41, 5.74) is 0.781. The van der Waals surface area contributed by atoms with E-state index in [0.717, 1.165) is 23.1 Å². The van der Waals surface area contributed by atoms with Crippen LogP contribution in [0.25, 0.3) is 0 Å². The number of alkyl halides is 1. The zero-order valence-electron chi connectivity index (χ0n) is 17.4. The minimum absolute atomic E-state index is 0.0819. The summed E-state index contributed by atoms with van der Waals surface area (Å²) >= 11 is 6.81. The lowest BCUT2D eigenvalue weighted by atomic mass is 9.53. The summed E-state index contributed by atoms with van der Waals surface area (Å²) in [6, 6.07) is 0. The topological polar surface area (TPSA) is 65.0 Å². The Bertz CT molecular complexity index is 758. The Labute approximate surface area is 172 Å². The highest BCUT2D eigenvalue weighted by molar-refractivity contribution is 6.23. The highest BCUT2D eigenvalue weighted by Crippen LogP contribution is 2.61. The second kappa shape index (κ2) is 6.56. The zero-order valence-corrected chi connectivity index (χ0v) is 18.1. The number of ether oxygens (including phenoxy) is 3. The SMILES string of the molecule is CCOC1C2(C)OCC3C4=C(CCC3(C)C2=CC(Cl)C1(O)C(C)C)C(=O)OC4. The fraction of sp³-hybridized carbons (Fsp3) is 0.773. The van der Waals surface area contributed by atoms with Gasteiger partial charge in [-0.05, 0) is 43.8 Å². The number of aliphatic hydroxyl groups is 1. The Morgan fingerprint density at radius 3 is 2.75 bits per heavy atom. The summed E-state index contributed by atoms with van der Waals surface area (Å²) < 4.78 is 18.0. The lowest BCUT2D eigenvalue weighted by molar-refractivity contribution is -0.234. The molecular formula is C22H31ClO5. The number of halogens is 1. The number of esters is 1. The van der Waals surface area contributed by atoms with Crippen LogP contribution < -0.4 is 0 Å². The number of hydrogen-bond donors (Lipinski definition) is 1. The molecule has 0 spiro atoms. The lowest BCUT2D eigenvalue weighted by Gasteiger charge is -2.61. The number of hydrogen-bond acceptors (Lipinski definition) is 5. The van der Waals surface area contributed by atoms with Crippen LogP contribution in [-0.2, 0) is 19.0 Å². The Morgan fingerprint density at radius 2 is 2.11 bits per heavy atom. The Kier molecular flexibility index (Phi) is 4.78. The highest BCUT2D eigenvalue weighted by atomic mass is 35.5. The van der Waals surface area contributed by atoms with Gasteiger partial charge in [-0.25, -0.2) is 4.79 Å². The maximum atomic E-state index is 12.1. The molecule has 6 heteroatoms. The van der Waals surface area contributed by atoms with Crippen LogP contribution in [0.3, 0.4) is 0 Å². The molecule has 0 saturated carbocycles. The first-order valence-corrected chi connectivity index (χ1v) is 10.8. The molecule has 1 N–H and O–H groups in total. The van der Waals surface area contributed by atoms with Crippen molar-refractivity contribution in [1.29, 1.82) is 0 Å². The molecule has 0 aromatic heterocycles. The van der Waals surface area contributed by atoms with Gasteiger partial charge in [0.05, 0.1) is 12.0 Å². The van der Waals surface area contributed by atoms with Gasteiger partial charge in [0.15, 0.2) is 0 Å². The van der Waals surface area contributed by atoms with Crippen LogP contribution in [0.5, 0.6) is 0 Å². The van der Waals surface area contributed by atoms with Crippen LogP contribution in [-0.4, -0.2) is 53.6 Å². The number of cyclic esters (lactones) is 1. The van der Waals surface area contributed by atoms with Crippen molar-refractivity contribution < 1.29 is 24.1 Å². The van der Waals surface area contributed by atoms with E-state index in [1.807, 2.05) is 33.8 Å². The van der Waals surface area contributed by atoms with Gasteiger partial charge in [-0.2, -0.15) is 0 Å². The standard InChI is InChI=1S/C22H31ClO5/c1-6-26-19-21(5)16(9-17(23)22(19,25)12(2)3)20(4)8-7-13-14(10-27-18(13)24)15(20)11-28-21/h9,12,15,17,19,25H,6-8,10-11H2,1-5H3. The second-order valence-corrected chi connectivity index (χ2v) is 9.80. The largest absolute Gasteiger partial charge is 0.458 e. The average Bonchev–Trinajstić information content (AvgIpc) is 3.01. The summed E-state index contributed by atoms with van der Waals surface area (Å²) in [5.74, 6) is -0.199. The van der Waals surface area contributed by atoms with Gasteiger partial charge in [0.25, 0.3) is 0 Å². The molecule has 6 unspecified atom stereocenters. The van der Waals surface area contributed by atoms with Crippen molar-refractivity contribution in [3.8, 4) is 0 Å². The van der Waals surface area contributed by atoms with E-state index in [2.05, 4.69) is 6.92 Å². The molecule has 2 heterocycles. The van der Waals surface area contributed by atoms with E-state index in [9.17, 15) is 9.90 Å². The third-order valence-corrected chi connectivity index (χ3v) is 8.19. The number of carbonyl (C=O) groups is 1. The van der Waals surface area contributed by atoms with E-state index in [1.54, 1.807) is 0 Å². The van der Waals surface area contributed by atoms with Gasteiger partial charge < -0.3 is 19.3 Å². The van der Waals surface area contributed by atoms with Gasteiger partial charge in [0.2, 0.25) is 0 Å². The number of carbonyl (C=O) groups excluding carboxylic acids is 1.